The summed E-state index contributed by atoms with van der Waals surface area (Å²) in [6, 6.07) is 12.6. The highest BCUT2D eigenvalue weighted by atomic mass is 16.6. The number of rotatable bonds is 11. The van der Waals surface area contributed by atoms with Crippen molar-refractivity contribution in [2.24, 2.45) is 0 Å². The van der Waals surface area contributed by atoms with Crippen LogP contribution < -0.4 is 10.6 Å². The van der Waals surface area contributed by atoms with Crippen molar-refractivity contribution in [3.63, 3.8) is 0 Å². The zero-order valence-electron chi connectivity index (χ0n) is 23.4. The zero-order valence-corrected chi connectivity index (χ0v) is 23.4. The van der Waals surface area contributed by atoms with Crippen LogP contribution in [0.25, 0.3) is 0 Å². The van der Waals surface area contributed by atoms with Gasteiger partial charge in [-0.25, -0.2) is 4.79 Å². The second kappa shape index (κ2) is 13.8. The van der Waals surface area contributed by atoms with E-state index in [2.05, 4.69) is 17.6 Å². The second-order valence-electron chi connectivity index (χ2n) is 10.5. The number of alkyl carbamates (subject to hydrolysis) is 1. The topological polar surface area (TPSA) is 87.7 Å². The number of anilines is 1. The third kappa shape index (κ3) is 9.23. The molecule has 3 amide bonds. The van der Waals surface area contributed by atoms with E-state index in [1.165, 1.54) is 0 Å². The van der Waals surface area contributed by atoms with Crippen molar-refractivity contribution in [3.8, 4) is 0 Å². The largest absolute Gasteiger partial charge is 0.444 e. The van der Waals surface area contributed by atoms with Gasteiger partial charge in [0.05, 0.1) is 0 Å². The summed E-state index contributed by atoms with van der Waals surface area (Å²) >= 11 is 0. The van der Waals surface area contributed by atoms with Gasteiger partial charge in [0, 0.05) is 12.2 Å². The molecule has 0 bridgehead atoms. The fourth-order valence-electron chi connectivity index (χ4n) is 4.22. The molecule has 202 valence electrons. The molecule has 0 radical (unpaired) electrons. The normalized spacial score (nSPS) is 12.0. The molecule has 2 rings (SSSR count). The SMILES string of the molecule is CCCCCCN(C(=O)CNC(=O)OC(C)(C)C)C(C(=O)Nc1c(C)cccc1C)c1ccccc1C. The summed E-state index contributed by atoms with van der Waals surface area (Å²) in [5.41, 5.74) is 3.63. The number of amides is 3. The minimum atomic E-state index is -0.852. The summed E-state index contributed by atoms with van der Waals surface area (Å²) in [6.45, 7) is 13.4. The maximum Gasteiger partial charge on any atom is 0.408 e. The molecule has 0 spiro atoms. The minimum Gasteiger partial charge on any atom is -0.444 e. The van der Waals surface area contributed by atoms with Gasteiger partial charge >= 0.3 is 6.09 Å². The Morgan fingerprint density at radius 2 is 1.51 bits per heavy atom. The van der Waals surface area contributed by atoms with Crippen LogP contribution in [0.5, 0.6) is 0 Å². The Labute approximate surface area is 222 Å². The van der Waals surface area contributed by atoms with Crippen molar-refractivity contribution < 1.29 is 19.1 Å². The smallest absolute Gasteiger partial charge is 0.408 e. The van der Waals surface area contributed by atoms with E-state index in [9.17, 15) is 14.4 Å². The average molecular weight is 510 g/mol. The van der Waals surface area contributed by atoms with E-state index in [-0.39, 0.29) is 18.4 Å². The number of ether oxygens (including phenoxy) is 1. The molecule has 0 saturated heterocycles. The molecular weight excluding hydrogens is 466 g/mol. The van der Waals surface area contributed by atoms with Crippen LogP contribution in [-0.4, -0.2) is 41.5 Å². The van der Waals surface area contributed by atoms with Crippen molar-refractivity contribution in [1.29, 1.82) is 0 Å². The molecule has 2 aromatic rings. The monoisotopic (exact) mass is 509 g/mol. The Morgan fingerprint density at radius 3 is 2.11 bits per heavy atom. The Hall–Kier alpha value is -3.35. The zero-order chi connectivity index (χ0) is 27.6. The first-order valence-electron chi connectivity index (χ1n) is 13.1. The first-order valence-corrected chi connectivity index (χ1v) is 13.1. The molecule has 7 heteroatoms. The van der Waals surface area contributed by atoms with E-state index in [1.807, 2.05) is 63.2 Å². The lowest BCUT2D eigenvalue weighted by atomic mass is 9.97. The Bertz CT molecular complexity index is 1050. The predicted molar refractivity (Wildman–Crippen MR) is 149 cm³/mol. The number of aryl methyl sites for hydroxylation is 3. The highest BCUT2D eigenvalue weighted by molar-refractivity contribution is 5.99. The van der Waals surface area contributed by atoms with Crippen LogP contribution in [0, 0.1) is 20.8 Å². The maximum absolute atomic E-state index is 13.9. The molecule has 1 atom stereocenters. The van der Waals surface area contributed by atoms with Gasteiger partial charge in [-0.15, -0.1) is 0 Å². The van der Waals surface area contributed by atoms with Crippen LogP contribution in [-0.2, 0) is 14.3 Å². The summed E-state index contributed by atoms with van der Waals surface area (Å²) in [7, 11) is 0. The van der Waals surface area contributed by atoms with Gasteiger partial charge in [-0.3, -0.25) is 9.59 Å². The van der Waals surface area contributed by atoms with Crippen molar-refractivity contribution in [2.45, 2.75) is 85.8 Å². The number of unbranched alkanes of at least 4 members (excludes halogenated alkanes) is 3. The van der Waals surface area contributed by atoms with Gasteiger partial charge in [0.2, 0.25) is 5.91 Å². The quantitative estimate of drug-likeness (QED) is 0.352. The minimum absolute atomic E-state index is 0.262. The summed E-state index contributed by atoms with van der Waals surface area (Å²) in [5, 5.41) is 5.66. The predicted octanol–water partition coefficient (Wildman–Crippen LogP) is 6.23. The summed E-state index contributed by atoms with van der Waals surface area (Å²) in [4.78, 5) is 41.3. The van der Waals surface area contributed by atoms with Gasteiger partial charge in [0.1, 0.15) is 18.2 Å². The molecule has 0 aliphatic heterocycles. The number of hydrogen-bond donors (Lipinski definition) is 2. The highest BCUT2D eigenvalue weighted by Crippen LogP contribution is 2.28. The molecule has 2 N–H and O–H groups in total. The number of benzene rings is 2. The van der Waals surface area contributed by atoms with Crippen LogP contribution in [0.2, 0.25) is 0 Å². The van der Waals surface area contributed by atoms with E-state index < -0.39 is 17.7 Å². The summed E-state index contributed by atoms with van der Waals surface area (Å²) < 4.78 is 5.30. The number of nitrogens with one attached hydrogen (secondary N) is 2. The van der Waals surface area contributed by atoms with Crippen molar-refractivity contribution >= 4 is 23.6 Å². The van der Waals surface area contributed by atoms with E-state index in [0.717, 1.165) is 53.6 Å². The maximum atomic E-state index is 13.9. The Morgan fingerprint density at radius 1 is 0.892 bits per heavy atom. The molecule has 0 aliphatic carbocycles. The van der Waals surface area contributed by atoms with Crippen LogP contribution in [0.3, 0.4) is 0 Å². The van der Waals surface area contributed by atoms with E-state index in [4.69, 9.17) is 4.74 Å². The van der Waals surface area contributed by atoms with E-state index in [1.54, 1.807) is 25.7 Å². The molecule has 0 aliphatic rings. The Kier molecular flexibility index (Phi) is 11.2. The fraction of sp³-hybridized carbons (Fsp3) is 0.500. The van der Waals surface area contributed by atoms with Gasteiger partial charge in [-0.1, -0.05) is 68.7 Å². The van der Waals surface area contributed by atoms with Crippen molar-refractivity contribution in [1.82, 2.24) is 10.2 Å². The van der Waals surface area contributed by atoms with E-state index >= 15 is 0 Å². The molecule has 0 heterocycles. The van der Waals surface area contributed by atoms with Crippen molar-refractivity contribution in [3.05, 3.63) is 64.7 Å². The molecule has 0 fully saturated rings. The molecule has 37 heavy (non-hydrogen) atoms. The third-order valence-electron chi connectivity index (χ3n) is 6.13. The highest BCUT2D eigenvalue weighted by Gasteiger charge is 2.33. The molecule has 1 unspecified atom stereocenters. The first kappa shape index (κ1) is 29.9. The first-order chi connectivity index (χ1) is 17.4. The number of nitrogens with zero attached hydrogens (tertiary/aromatic N) is 1. The van der Waals surface area contributed by atoms with Crippen LogP contribution >= 0.6 is 0 Å². The summed E-state index contributed by atoms with van der Waals surface area (Å²) in [6.07, 6.45) is 3.13. The molecule has 0 saturated carbocycles. The molecule has 7 nitrogen and oxygen atoms in total. The lowest BCUT2D eigenvalue weighted by Gasteiger charge is -2.33. The number of hydrogen-bond acceptors (Lipinski definition) is 4. The molecular formula is C30H43N3O4. The van der Waals surface area contributed by atoms with Crippen molar-refractivity contribution in [2.75, 3.05) is 18.4 Å². The number of carbonyl (C=O) groups is 3. The van der Waals surface area contributed by atoms with Gasteiger partial charge in [-0.05, 0) is 70.2 Å². The summed E-state index contributed by atoms with van der Waals surface area (Å²) in [5.74, 6) is -0.625. The van der Waals surface area contributed by atoms with Gasteiger partial charge in [0.25, 0.3) is 5.91 Å². The van der Waals surface area contributed by atoms with Gasteiger partial charge < -0.3 is 20.3 Å². The lowest BCUT2D eigenvalue weighted by Crippen LogP contribution is -2.47. The second-order valence-corrected chi connectivity index (χ2v) is 10.5. The third-order valence-corrected chi connectivity index (χ3v) is 6.13. The molecule has 2 aromatic carbocycles. The van der Waals surface area contributed by atoms with Crippen LogP contribution in [0.4, 0.5) is 10.5 Å². The van der Waals surface area contributed by atoms with Gasteiger partial charge in [-0.2, -0.15) is 0 Å². The number of para-hydroxylation sites is 1. The standard InChI is InChI=1S/C30H43N3O4/c1-8-9-10-13-19-33(25(34)20-31-29(36)37-30(5,6)7)27(24-18-12-11-15-21(24)2)28(35)32-26-22(3)16-14-17-23(26)4/h11-12,14-18,27H,8-10,13,19-20H2,1-7H3,(H,31,36)(H,32,35). The van der Waals surface area contributed by atoms with E-state index in [0.29, 0.717) is 6.54 Å². The fourth-order valence-corrected chi connectivity index (χ4v) is 4.22. The molecule has 0 aromatic heterocycles. The van der Waals surface area contributed by atoms with Crippen LogP contribution in [0.15, 0.2) is 42.5 Å². The van der Waals surface area contributed by atoms with Gasteiger partial charge in [0.15, 0.2) is 0 Å². The lowest BCUT2D eigenvalue weighted by molar-refractivity contribution is -0.138. The number of carbonyl (C=O) groups excluding carboxylic acids is 3. The Balaban J connectivity index is 2.41. The van der Waals surface area contributed by atoms with Crippen LogP contribution in [0.1, 0.15) is 81.7 Å². The average Bonchev–Trinajstić information content (AvgIpc) is 2.81.